The van der Waals surface area contributed by atoms with Gasteiger partial charge in [-0.2, -0.15) is 0 Å². The molecule has 0 bridgehead atoms. The van der Waals surface area contributed by atoms with E-state index in [1.807, 2.05) is 24.3 Å². The van der Waals surface area contributed by atoms with Crippen LogP contribution in [0.4, 0.5) is 5.69 Å². The number of imide groups is 1. The van der Waals surface area contributed by atoms with E-state index in [2.05, 4.69) is 23.3 Å². The number of aryl methyl sites for hydroxylation is 1. The molecule has 0 aliphatic carbocycles. The molecule has 0 radical (unpaired) electrons. The van der Waals surface area contributed by atoms with Gasteiger partial charge in [0.25, 0.3) is 0 Å². The summed E-state index contributed by atoms with van der Waals surface area (Å²) in [6.07, 6.45) is 0.366. The lowest BCUT2D eigenvalue weighted by molar-refractivity contribution is -0.141. The van der Waals surface area contributed by atoms with Crippen molar-refractivity contribution in [2.24, 2.45) is 0 Å². The van der Waals surface area contributed by atoms with Crippen LogP contribution in [0.2, 0.25) is 0 Å². The number of benzene rings is 2. The third-order valence-electron chi connectivity index (χ3n) is 4.42. The summed E-state index contributed by atoms with van der Waals surface area (Å²) in [4.78, 5) is 40.9. The van der Waals surface area contributed by atoms with Crippen molar-refractivity contribution in [2.75, 3.05) is 11.9 Å². The Hall–Kier alpha value is -3.06. The quantitative estimate of drug-likeness (QED) is 0.705. The third kappa shape index (κ3) is 3.59. The summed E-state index contributed by atoms with van der Waals surface area (Å²) in [7, 11) is 0. The number of nitrogens with zero attached hydrogens (tertiary/aromatic N) is 2. The third-order valence-corrected chi connectivity index (χ3v) is 5.48. The number of anilines is 1. The van der Waals surface area contributed by atoms with Crippen molar-refractivity contribution in [2.45, 2.75) is 19.8 Å². The van der Waals surface area contributed by atoms with Gasteiger partial charge < -0.3 is 5.32 Å². The molecule has 0 saturated carbocycles. The number of amides is 3. The molecule has 3 amide bonds. The summed E-state index contributed by atoms with van der Waals surface area (Å²) >= 11 is 1.63. The summed E-state index contributed by atoms with van der Waals surface area (Å²) < 4.78 is 1.14. The average molecular weight is 379 g/mol. The van der Waals surface area contributed by atoms with Crippen LogP contribution < -0.4 is 5.32 Å². The fourth-order valence-electron chi connectivity index (χ4n) is 2.99. The van der Waals surface area contributed by atoms with Crippen LogP contribution in [-0.4, -0.2) is 34.2 Å². The molecule has 1 aromatic heterocycles. The molecule has 2 heterocycles. The molecule has 0 atom stereocenters. The van der Waals surface area contributed by atoms with Crippen molar-refractivity contribution in [1.82, 2.24) is 9.88 Å². The van der Waals surface area contributed by atoms with Crippen LogP contribution in [0.5, 0.6) is 0 Å². The highest BCUT2D eigenvalue weighted by Crippen LogP contribution is 2.31. The lowest BCUT2D eigenvalue weighted by Gasteiger charge is -2.13. The topological polar surface area (TPSA) is 79.4 Å². The molecule has 1 fully saturated rings. The largest absolute Gasteiger partial charge is 0.325 e. The van der Waals surface area contributed by atoms with Gasteiger partial charge in [-0.25, -0.2) is 4.98 Å². The van der Waals surface area contributed by atoms with E-state index in [-0.39, 0.29) is 37.1 Å². The van der Waals surface area contributed by atoms with Gasteiger partial charge in [0.15, 0.2) is 0 Å². The molecule has 4 rings (SSSR count). The van der Waals surface area contributed by atoms with Gasteiger partial charge in [-0.15, -0.1) is 11.3 Å². The number of nitrogens with one attached hydrogen (secondary N) is 1. The smallest absolute Gasteiger partial charge is 0.244 e. The maximum Gasteiger partial charge on any atom is 0.244 e. The summed E-state index contributed by atoms with van der Waals surface area (Å²) in [6, 6.07) is 13.5. The molecular formula is C20H17N3O3S. The first-order valence-electron chi connectivity index (χ1n) is 8.60. The molecule has 7 heteroatoms. The molecule has 2 aromatic carbocycles. The van der Waals surface area contributed by atoms with Crippen LogP contribution in [0.1, 0.15) is 18.4 Å². The van der Waals surface area contributed by atoms with Crippen LogP contribution in [-0.2, 0) is 14.4 Å². The summed E-state index contributed by atoms with van der Waals surface area (Å²) in [5, 5.41) is 3.64. The van der Waals surface area contributed by atoms with Crippen molar-refractivity contribution in [1.29, 1.82) is 0 Å². The molecule has 27 heavy (non-hydrogen) atoms. The number of hydrogen-bond acceptors (Lipinski definition) is 5. The van der Waals surface area contributed by atoms with E-state index in [1.165, 1.54) is 5.56 Å². The van der Waals surface area contributed by atoms with E-state index in [0.29, 0.717) is 5.69 Å². The minimum absolute atomic E-state index is 0.183. The molecule has 1 N–H and O–H groups in total. The number of aromatic nitrogens is 1. The number of fused-ring (bicyclic) bond motifs is 1. The normalized spacial score (nSPS) is 14.2. The predicted molar refractivity (Wildman–Crippen MR) is 104 cm³/mol. The van der Waals surface area contributed by atoms with Crippen molar-refractivity contribution < 1.29 is 14.4 Å². The number of carbonyl (C=O) groups is 3. The first kappa shape index (κ1) is 17.4. The Kier molecular flexibility index (Phi) is 4.45. The molecule has 0 spiro atoms. The molecule has 6 nitrogen and oxygen atoms in total. The lowest BCUT2D eigenvalue weighted by atomic mass is 10.2. The molecular weight excluding hydrogens is 362 g/mol. The van der Waals surface area contributed by atoms with Gasteiger partial charge in [0.05, 0.1) is 10.2 Å². The molecule has 136 valence electrons. The van der Waals surface area contributed by atoms with Gasteiger partial charge in [-0.1, -0.05) is 6.07 Å². The summed E-state index contributed by atoms with van der Waals surface area (Å²) in [6.45, 7) is 1.82. The highest BCUT2D eigenvalue weighted by atomic mass is 32.1. The fraction of sp³-hybridized carbons (Fsp3) is 0.200. The van der Waals surface area contributed by atoms with Crippen molar-refractivity contribution in [3.05, 3.63) is 48.0 Å². The summed E-state index contributed by atoms with van der Waals surface area (Å²) in [5.41, 5.74) is 3.75. The zero-order chi connectivity index (χ0) is 19.0. The highest BCUT2D eigenvalue weighted by molar-refractivity contribution is 7.21. The van der Waals surface area contributed by atoms with E-state index < -0.39 is 0 Å². The Morgan fingerprint density at radius 1 is 1.11 bits per heavy atom. The van der Waals surface area contributed by atoms with Crippen LogP contribution in [0.3, 0.4) is 0 Å². The zero-order valence-corrected chi connectivity index (χ0v) is 15.5. The van der Waals surface area contributed by atoms with Gasteiger partial charge in [-0.05, 0) is 48.9 Å². The van der Waals surface area contributed by atoms with Crippen LogP contribution in [0, 0.1) is 6.92 Å². The predicted octanol–water partition coefficient (Wildman–Crippen LogP) is 3.36. The van der Waals surface area contributed by atoms with Crippen LogP contribution >= 0.6 is 11.3 Å². The Balaban J connectivity index is 1.46. The van der Waals surface area contributed by atoms with Gasteiger partial charge in [0.2, 0.25) is 17.7 Å². The Morgan fingerprint density at radius 3 is 2.52 bits per heavy atom. The van der Waals surface area contributed by atoms with Crippen LogP contribution in [0.25, 0.3) is 20.8 Å². The molecule has 1 aliphatic rings. The Morgan fingerprint density at radius 2 is 1.81 bits per heavy atom. The van der Waals surface area contributed by atoms with Crippen molar-refractivity contribution >= 4 is 45.0 Å². The Labute approximate surface area is 159 Å². The van der Waals surface area contributed by atoms with Crippen molar-refractivity contribution in [3.63, 3.8) is 0 Å². The number of carbonyl (C=O) groups excluding carboxylic acids is 3. The number of thiazole rings is 1. The van der Waals surface area contributed by atoms with E-state index in [1.54, 1.807) is 23.5 Å². The molecule has 1 aliphatic heterocycles. The van der Waals surface area contributed by atoms with E-state index in [9.17, 15) is 14.4 Å². The zero-order valence-electron chi connectivity index (χ0n) is 14.7. The second-order valence-electron chi connectivity index (χ2n) is 6.49. The van der Waals surface area contributed by atoms with E-state index >= 15 is 0 Å². The lowest BCUT2D eigenvalue weighted by Crippen LogP contribution is -2.36. The van der Waals surface area contributed by atoms with Gasteiger partial charge in [0.1, 0.15) is 11.6 Å². The minimum atomic E-state index is -0.387. The van der Waals surface area contributed by atoms with Gasteiger partial charge in [-0.3, -0.25) is 19.3 Å². The second kappa shape index (κ2) is 6.92. The first-order valence-corrected chi connectivity index (χ1v) is 9.42. The van der Waals surface area contributed by atoms with Gasteiger partial charge in [0, 0.05) is 24.1 Å². The summed E-state index contributed by atoms with van der Waals surface area (Å²) in [5.74, 6) is -0.977. The second-order valence-corrected chi connectivity index (χ2v) is 7.52. The monoisotopic (exact) mass is 379 g/mol. The average Bonchev–Trinajstić information content (AvgIpc) is 3.20. The van der Waals surface area contributed by atoms with Crippen LogP contribution in [0.15, 0.2) is 42.5 Å². The Bertz CT molecular complexity index is 1040. The number of hydrogen-bond donors (Lipinski definition) is 1. The maximum absolute atomic E-state index is 12.1. The minimum Gasteiger partial charge on any atom is -0.325 e. The molecule has 3 aromatic rings. The first-order chi connectivity index (χ1) is 13.0. The SMILES string of the molecule is Cc1ccc2nc(-c3ccc(NC(=O)CN4C(=O)CCC4=O)cc3)sc2c1. The number of rotatable bonds is 4. The standard InChI is InChI=1S/C20H17N3O3S/c1-12-2-7-15-16(10-12)27-20(22-15)13-3-5-14(6-4-13)21-17(24)11-23-18(25)8-9-19(23)26/h2-7,10H,8-9,11H2,1H3,(H,21,24). The van der Waals surface area contributed by atoms with Gasteiger partial charge >= 0.3 is 0 Å². The fourth-order valence-corrected chi connectivity index (χ4v) is 4.06. The van der Waals surface area contributed by atoms with E-state index in [4.69, 9.17) is 0 Å². The number of likely N-dealkylation sites (tertiary alicyclic amines) is 1. The van der Waals surface area contributed by atoms with E-state index in [0.717, 1.165) is 25.7 Å². The highest BCUT2D eigenvalue weighted by Gasteiger charge is 2.30. The molecule has 1 saturated heterocycles. The maximum atomic E-state index is 12.1. The molecule has 0 unspecified atom stereocenters. The van der Waals surface area contributed by atoms with Crippen molar-refractivity contribution in [3.8, 4) is 10.6 Å².